The predicted molar refractivity (Wildman–Crippen MR) is 121 cm³/mol. The number of ether oxygens (including phenoxy) is 1. The summed E-state index contributed by atoms with van der Waals surface area (Å²) in [7, 11) is -2.01. The number of piperidine rings is 1. The summed E-state index contributed by atoms with van der Waals surface area (Å²) in [5, 5.41) is 17.0. The second-order valence-electron chi connectivity index (χ2n) is 7.59. The Labute approximate surface area is 191 Å². The van der Waals surface area contributed by atoms with Gasteiger partial charge >= 0.3 is 0 Å². The summed E-state index contributed by atoms with van der Waals surface area (Å²) in [6.07, 6.45) is 3.92. The van der Waals surface area contributed by atoms with Crippen LogP contribution in [0.4, 0.5) is 17.3 Å². The molecule has 2 heterocycles. The third-order valence-electron chi connectivity index (χ3n) is 5.31. The van der Waals surface area contributed by atoms with Gasteiger partial charge in [0, 0.05) is 56.7 Å². The molecule has 1 saturated heterocycles. The highest BCUT2D eigenvalue weighted by molar-refractivity contribution is 7.90. The number of benzene rings is 1. The van der Waals surface area contributed by atoms with E-state index >= 15 is 0 Å². The van der Waals surface area contributed by atoms with Gasteiger partial charge in [0.25, 0.3) is 5.69 Å². The number of aromatic nitrogens is 2. The highest BCUT2D eigenvalue weighted by atomic mass is 32.2. The molecule has 1 aromatic heterocycles. The van der Waals surface area contributed by atoms with E-state index in [1.165, 1.54) is 12.1 Å². The molecule has 0 atom stereocenters. The molecule has 1 fully saturated rings. The number of hydrogen-bond acceptors (Lipinski definition) is 10. The molecule has 0 spiro atoms. The summed E-state index contributed by atoms with van der Waals surface area (Å²) in [6, 6.07) is 5.36. The molecule has 178 valence electrons. The van der Waals surface area contributed by atoms with Crippen LogP contribution in [0, 0.1) is 16.0 Å². The number of hydrogen-bond donors (Lipinski definition) is 2. The number of nitro benzene ring substituents is 1. The maximum absolute atomic E-state index is 12.5. The van der Waals surface area contributed by atoms with Crippen molar-refractivity contribution in [3.05, 3.63) is 40.6 Å². The van der Waals surface area contributed by atoms with Crippen molar-refractivity contribution in [3.8, 4) is 5.88 Å². The molecule has 3 rings (SSSR count). The van der Waals surface area contributed by atoms with Gasteiger partial charge in [-0.2, -0.15) is 4.98 Å². The first kappa shape index (κ1) is 24.2. The van der Waals surface area contributed by atoms with Crippen LogP contribution in [0.15, 0.2) is 35.4 Å². The number of amides is 1. The standard InChI is InChI=1S/C20H26N6O6S/c1-32-18-5-8-23-20(24-18)25-11-6-14(7-12-25)19(27)22-10-9-21-16-4-3-15(33(2,30)31)13-17(16)26(28)29/h3-5,8,13-14,21H,6-7,9-12H2,1-2H3,(H,22,27). The van der Waals surface area contributed by atoms with Gasteiger partial charge in [0.05, 0.1) is 16.9 Å². The van der Waals surface area contributed by atoms with Crippen molar-refractivity contribution in [2.75, 3.05) is 49.8 Å². The highest BCUT2D eigenvalue weighted by Gasteiger charge is 2.26. The fourth-order valence-corrected chi connectivity index (χ4v) is 4.15. The highest BCUT2D eigenvalue weighted by Crippen LogP contribution is 2.27. The van der Waals surface area contributed by atoms with E-state index in [2.05, 4.69) is 20.6 Å². The van der Waals surface area contributed by atoms with Crippen LogP contribution in [0.1, 0.15) is 12.8 Å². The van der Waals surface area contributed by atoms with Gasteiger partial charge in [-0.3, -0.25) is 14.9 Å². The van der Waals surface area contributed by atoms with Crippen molar-refractivity contribution in [3.63, 3.8) is 0 Å². The zero-order valence-electron chi connectivity index (χ0n) is 18.4. The van der Waals surface area contributed by atoms with Gasteiger partial charge in [0.2, 0.25) is 17.7 Å². The minimum Gasteiger partial charge on any atom is -0.481 e. The number of rotatable bonds is 9. The monoisotopic (exact) mass is 478 g/mol. The maximum Gasteiger partial charge on any atom is 0.293 e. The van der Waals surface area contributed by atoms with E-state index in [0.29, 0.717) is 37.8 Å². The molecule has 1 aliphatic heterocycles. The minimum absolute atomic E-state index is 0.0788. The first-order valence-electron chi connectivity index (χ1n) is 10.3. The SMILES string of the molecule is COc1ccnc(N2CCC(C(=O)NCCNc3ccc(S(C)(=O)=O)cc3[N+](=O)[O-])CC2)n1. The van der Waals surface area contributed by atoms with Gasteiger partial charge in [-0.1, -0.05) is 0 Å². The molecule has 2 N–H and O–H groups in total. The van der Waals surface area contributed by atoms with Gasteiger partial charge in [-0.15, -0.1) is 0 Å². The molecular weight excluding hydrogens is 452 g/mol. The van der Waals surface area contributed by atoms with E-state index in [-0.39, 0.29) is 41.2 Å². The lowest BCUT2D eigenvalue weighted by atomic mass is 9.96. The lowest BCUT2D eigenvalue weighted by Crippen LogP contribution is -2.42. The van der Waals surface area contributed by atoms with Crippen LogP contribution in [0.2, 0.25) is 0 Å². The number of carbonyl (C=O) groups excluding carboxylic acids is 1. The number of carbonyl (C=O) groups is 1. The zero-order valence-corrected chi connectivity index (χ0v) is 19.2. The molecule has 1 amide bonds. The van der Waals surface area contributed by atoms with Crippen LogP contribution in [0.3, 0.4) is 0 Å². The third kappa shape index (κ3) is 6.28. The van der Waals surface area contributed by atoms with E-state index in [4.69, 9.17) is 4.74 Å². The van der Waals surface area contributed by atoms with Crippen LogP contribution in [-0.4, -0.2) is 68.8 Å². The molecule has 2 aromatic rings. The van der Waals surface area contributed by atoms with Crippen molar-refractivity contribution in [1.82, 2.24) is 15.3 Å². The van der Waals surface area contributed by atoms with Crippen LogP contribution in [0.5, 0.6) is 5.88 Å². The smallest absolute Gasteiger partial charge is 0.293 e. The van der Waals surface area contributed by atoms with Gasteiger partial charge in [-0.05, 0) is 25.0 Å². The number of anilines is 2. The largest absolute Gasteiger partial charge is 0.481 e. The summed E-state index contributed by atoms with van der Waals surface area (Å²) in [4.78, 5) is 33.6. The third-order valence-corrected chi connectivity index (χ3v) is 6.42. The molecule has 1 aromatic carbocycles. The average molecular weight is 479 g/mol. The van der Waals surface area contributed by atoms with Gasteiger partial charge < -0.3 is 20.3 Å². The predicted octanol–water partition coefficient (Wildman–Crippen LogP) is 1.24. The summed E-state index contributed by atoms with van der Waals surface area (Å²) < 4.78 is 28.4. The van der Waals surface area contributed by atoms with E-state index in [9.17, 15) is 23.3 Å². The second kappa shape index (κ2) is 10.4. The molecular formula is C20H26N6O6S. The Hall–Kier alpha value is -3.48. The Morgan fingerprint density at radius 1 is 1.27 bits per heavy atom. The molecule has 0 bridgehead atoms. The van der Waals surface area contributed by atoms with E-state index in [0.717, 1.165) is 12.3 Å². The number of nitrogens with one attached hydrogen (secondary N) is 2. The topological polar surface area (TPSA) is 157 Å². The Morgan fingerprint density at radius 3 is 2.64 bits per heavy atom. The normalized spacial score (nSPS) is 14.5. The fraction of sp³-hybridized carbons (Fsp3) is 0.450. The summed E-state index contributed by atoms with van der Waals surface area (Å²) in [5.74, 6) is 0.833. The van der Waals surface area contributed by atoms with Gasteiger partial charge in [0.15, 0.2) is 9.84 Å². The van der Waals surface area contributed by atoms with Crippen molar-refractivity contribution >= 4 is 33.1 Å². The lowest BCUT2D eigenvalue weighted by molar-refractivity contribution is -0.384. The van der Waals surface area contributed by atoms with Gasteiger partial charge in [-0.25, -0.2) is 13.4 Å². The summed E-state index contributed by atoms with van der Waals surface area (Å²) in [6.45, 7) is 1.80. The van der Waals surface area contributed by atoms with Crippen LogP contribution < -0.4 is 20.3 Å². The average Bonchev–Trinajstić information content (AvgIpc) is 2.81. The van der Waals surface area contributed by atoms with E-state index in [1.54, 1.807) is 19.4 Å². The Kier molecular flexibility index (Phi) is 7.63. The number of methoxy groups -OCH3 is 1. The van der Waals surface area contributed by atoms with Crippen molar-refractivity contribution in [1.29, 1.82) is 0 Å². The minimum atomic E-state index is -3.56. The van der Waals surface area contributed by atoms with Gasteiger partial charge in [0.1, 0.15) is 5.69 Å². The van der Waals surface area contributed by atoms with Crippen LogP contribution in [-0.2, 0) is 14.6 Å². The molecule has 13 heteroatoms. The van der Waals surface area contributed by atoms with Crippen LogP contribution in [0.25, 0.3) is 0 Å². The second-order valence-corrected chi connectivity index (χ2v) is 9.60. The van der Waals surface area contributed by atoms with Crippen molar-refractivity contribution < 1.29 is 22.9 Å². The molecule has 12 nitrogen and oxygen atoms in total. The molecule has 33 heavy (non-hydrogen) atoms. The number of nitrogens with zero attached hydrogens (tertiary/aromatic N) is 4. The Balaban J connectivity index is 1.47. The molecule has 1 aliphatic rings. The molecule has 0 radical (unpaired) electrons. The fourth-order valence-electron chi connectivity index (χ4n) is 3.51. The Morgan fingerprint density at radius 2 is 2.00 bits per heavy atom. The number of sulfone groups is 1. The van der Waals surface area contributed by atoms with E-state index < -0.39 is 14.8 Å². The summed E-state index contributed by atoms with van der Waals surface area (Å²) >= 11 is 0. The molecule has 0 saturated carbocycles. The molecule has 0 aliphatic carbocycles. The quantitative estimate of drug-likeness (QED) is 0.305. The molecule has 0 unspecified atom stereocenters. The first-order chi connectivity index (χ1) is 15.7. The summed E-state index contributed by atoms with van der Waals surface area (Å²) in [5.41, 5.74) is -0.148. The van der Waals surface area contributed by atoms with Crippen molar-refractivity contribution in [2.24, 2.45) is 5.92 Å². The first-order valence-corrected chi connectivity index (χ1v) is 12.2. The van der Waals surface area contributed by atoms with Crippen molar-refractivity contribution in [2.45, 2.75) is 17.7 Å². The maximum atomic E-state index is 12.5. The Bertz CT molecular complexity index is 1120. The number of nitro groups is 1. The van der Waals surface area contributed by atoms with E-state index in [1.807, 2.05) is 4.90 Å². The van der Waals surface area contributed by atoms with Crippen LogP contribution >= 0.6 is 0 Å². The lowest BCUT2D eigenvalue weighted by Gasteiger charge is -2.31. The zero-order chi connectivity index (χ0) is 24.0.